The number of nitrogens with zero attached hydrogens (tertiary/aromatic N) is 3. The molecule has 0 saturated heterocycles. The summed E-state index contributed by atoms with van der Waals surface area (Å²) in [6.45, 7) is 4.67. The third-order valence-electron chi connectivity index (χ3n) is 2.96. The standard InChI is InChI=1S/C14H14FN3O/c1-9(2)14-16-5-6-18(14)8-13-17-11-4-3-10(15)7-12(11)19-13/h3-7,9H,8H2,1-2H3. The fourth-order valence-electron chi connectivity index (χ4n) is 2.11. The van der Waals surface area contributed by atoms with E-state index in [1.165, 1.54) is 12.1 Å². The third-order valence-corrected chi connectivity index (χ3v) is 2.96. The minimum absolute atomic E-state index is 0.319. The summed E-state index contributed by atoms with van der Waals surface area (Å²) in [5.74, 6) is 1.55. The smallest absolute Gasteiger partial charge is 0.215 e. The first-order chi connectivity index (χ1) is 9.13. The second kappa shape index (κ2) is 4.50. The van der Waals surface area contributed by atoms with E-state index in [0.29, 0.717) is 29.5 Å². The van der Waals surface area contributed by atoms with Crippen molar-refractivity contribution in [1.82, 2.24) is 14.5 Å². The zero-order valence-electron chi connectivity index (χ0n) is 10.8. The molecular weight excluding hydrogens is 245 g/mol. The van der Waals surface area contributed by atoms with Gasteiger partial charge in [-0.25, -0.2) is 14.4 Å². The highest BCUT2D eigenvalue weighted by atomic mass is 19.1. The van der Waals surface area contributed by atoms with Crippen molar-refractivity contribution in [2.24, 2.45) is 0 Å². The predicted octanol–water partition coefficient (Wildman–Crippen LogP) is 3.34. The zero-order valence-corrected chi connectivity index (χ0v) is 10.8. The molecule has 2 aromatic heterocycles. The van der Waals surface area contributed by atoms with Crippen LogP contribution in [0.2, 0.25) is 0 Å². The van der Waals surface area contributed by atoms with Crippen LogP contribution in [-0.2, 0) is 6.54 Å². The van der Waals surface area contributed by atoms with Crippen LogP contribution in [0.1, 0.15) is 31.5 Å². The first kappa shape index (κ1) is 11.9. The number of rotatable bonds is 3. The molecule has 0 aliphatic heterocycles. The van der Waals surface area contributed by atoms with Crippen molar-refractivity contribution in [2.45, 2.75) is 26.3 Å². The van der Waals surface area contributed by atoms with Crippen LogP contribution in [0, 0.1) is 5.82 Å². The van der Waals surface area contributed by atoms with Gasteiger partial charge in [-0.05, 0) is 12.1 Å². The van der Waals surface area contributed by atoms with Gasteiger partial charge in [0.25, 0.3) is 0 Å². The lowest BCUT2D eigenvalue weighted by atomic mass is 10.2. The maximum absolute atomic E-state index is 13.1. The van der Waals surface area contributed by atoms with Crippen LogP contribution in [0.25, 0.3) is 11.1 Å². The molecule has 0 unspecified atom stereocenters. The molecule has 19 heavy (non-hydrogen) atoms. The molecule has 3 rings (SSSR count). The molecule has 0 amide bonds. The number of aromatic nitrogens is 3. The summed E-state index contributed by atoms with van der Waals surface area (Å²) in [7, 11) is 0. The van der Waals surface area contributed by atoms with Crippen molar-refractivity contribution < 1.29 is 8.81 Å². The van der Waals surface area contributed by atoms with E-state index in [-0.39, 0.29) is 5.82 Å². The van der Waals surface area contributed by atoms with Crippen LogP contribution in [0.15, 0.2) is 35.0 Å². The number of benzene rings is 1. The average Bonchev–Trinajstić information content (AvgIpc) is 2.95. The van der Waals surface area contributed by atoms with Gasteiger partial charge in [-0.15, -0.1) is 0 Å². The molecule has 0 radical (unpaired) electrons. The highest BCUT2D eigenvalue weighted by Gasteiger charge is 2.11. The largest absolute Gasteiger partial charge is 0.439 e. The molecule has 4 nitrogen and oxygen atoms in total. The van der Waals surface area contributed by atoms with E-state index in [9.17, 15) is 4.39 Å². The van der Waals surface area contributed by atoms with Gasteiger partial charge in [0.05, 0.1) is 0 Å². The molecule has 1 aromatic carbocycles. The minimum Gasteiger partial charge on any atom is -0.439 e. The van der Waals surface area contributed by atoms with Crippen LogP contribution < -0.4 is 0 Å². The Labute approximate surface area is 109 Å². The van der Waals surface area contributed by atoms with Crippen LogP contribution in [-0.4, -0.2) is 14.5 Å². The van der Waals surface area contributed by atoms with Gasteiger partial charge >= 0.3 is 0 Å². The van der Waals surface area contributed by atoms with Crippen molar-refractivity contribution in [1.29, 1.82) is 0 Å². The molecule has 0 aliphatic carbocycles. The van der Waals surface area contributed by atoms with E-state index in [1.807, 2.05) is 10.8 Å². The van der Waals surface area contributed by atoms with E-state index in [0.717, 1.165) is 5.82 Å². The van der Waals surface area contributed by atoms with E-state index in [1.54, 1.807) is 12.3 Å². The van der Waals surface area contributed by atoms with Crippen molar-refractivity contribution in [3.63, 3.8) is 0 Å². The molecule has 98 valence electrons. The van der Waals surface area contributed by atoms with E-state index < -0.39 is 0 Å². The molecule has 2 heterocycles. The fraction of sp³-hybridized carbons (Fsp3) is 0.286. The van der Waals surface area contributed by atoms with Crippen LogP contribution >= 0.6 is 0 Å². The summed E-state index contributed by atoms with van der Waals surface area (Å²) >= 11 is 0. The molecule has 0 fully saturated rings. The Balaban J connectivity index is 1.94. The number of hydrogen-bond donors (Lipinski definition) is 0. The summed E-state index contributed by atoms with van der Waals surface area (Å²) in [6, 6.07) is 4.35. The van der Waals surface area contributed by atoms with Gasteiger partial charge in [-0.1, -0.05) is 13.8 Å². The summed E-state index contributed by atoms with van der Waals surface area (Å²) < 4.78 is 20.6. The third kappa shape index (κ3) is 2.23. The van der Waals surface area contributed by atoms with E-state index in [2.05, 4.69) is 23.8 Å². The predicted molar refractivity (Wildman–Crippen MR) is 69.4 cm³/mol. The van der Waals surface area contributed by atoms with Gasteiger partial charge in [0.2, 0.25) is 5.89 Å². The number of imidazole rings is 1. The van der Waals surface area contributed by atoms with Crippen LogP contribution in [0.4, 0.5) is 4.39 Å². The SMILES string of the molecule is CC(C)c1nccn1Cc1nc2ccc(F)cc2o1. The van der Waals surface area contributed by atoms with Crippen LogP contribution in [0.5, 0.6) is 0 Å². The Bertz CT molecular complexity index is 714. The van der Waals surface area contributed by atoms with Crippen molar-refractivity contribution in [3.8, 4) is 0 Å². The van der Waals surface area contributed by atoms with Crippen molar-refractivity contribution >= 4 is 11.1 Å². The minimum atomic E-state index is -0.319. The average molecular weight is 259 g/mol. The van der Waals surface area contributed by atoms with Gasteiger partial charge in [0.1, 0.15) is 23.7 Å². The molecule has 0 atom stereocenters. The molecular formula is C14H14FN3O. The summed E-state index contributed by atoms with van der Waals surface area (Å²) in [4.78, 5) is 8.66. The lowest BCUT2D eigenvalue weighted by Gasteiger charge is -2.07. The second-order valence-electron chi connectivity index (χ2n) is 4.79. The summed E-state index contributed by atoms with van der Waals surface area (Å²) in [5, 5.41) is 0. The Morgan fingerprint density at radius 1 is 1.37 bits per heavy atom. The molecule has 0 spiro atoms. The Morgan fingerprint density at radius 3 is 3.00 bits per heavy atom. The molecule has 0 aliphatic rings. The lowest BCUT2D eigenvalue weighted by molar-refractivity contribution is 0.497. The number of oxazole rings is 1. The Hall–Kier alpha value is -2.17. The quantitative estimate of drug-likeness (QED) is 0.724. The van der Waals surface area contributed by atoms with Crippen molar-refractivity contribution in [2.75, 3.05) is 0 Å². The van der Waals surface area contributed by atoms with Gasteiger partial charge in [-0.3, -0.25) is 0 Å². The van der Waals surface area contributed by atoms with Crippen molar-refractivity contribution in [3.05, 3.63) is 48.1 Å². The molecule has 0 bridgehead atoms. The zero-order chi connectivity index (χ0) is 13.4. The molecule has 5 heteroatoms. The maximum Gasteiger partial charge on any atom is 0.215 e. The Kier molecular flexibility index (Phi) is 2.81. The molecule has 3 aromatic rings. The molecule has 0 saturated carbocycles. The maximum atomic E-state index is 13.1. The van der Waals surface area contributed by atoms with Gasteiger partial charge in [0, 0.05) is 24.4 Å². The first-order valence-corrected chi connectivity index (χ1v) is 6.19. The number of halogens is 1. The Morgan fingerprint density at radius 2 is 2.21 bits per heavy atom. The number of fused-ring (bicyclic) bond motifs is 1. The lowest BCUT2D eigenvalue weighted by Crippen LogP contribution is -2.05. The highest BCUT2D eigenvalue weighted by molar-refractivity contribution is 5.72. The molecule has 0 N–H and O–H groups in total. The highest BCUT2D eigenvalue weighted by Crippen LogP contribution is 2.19. The topological polar surface area (TPSA) is 43.9 Å². The second-order valence-corrected chi connectivity index (χ2v) is 4.79. The monoisotopic (exact) mass is 259 g/mol. The summed E-state index contributed by atoms with van der Waals surface area (Å²) in [6.07, 6.45) is 3.66. The van der Waals surface area contributed by atoms with E-state index in [4.69, 9.17) is 4.42 Å². The summed E-state index contributed by atoms with van der Waals surface area (Å²) in [5.41, 5.74) is 1.14. The van der Waals surface area contributed by atoms with Crippen LogP contribution in [0.3, 0.4) is 0 Å². The first-order valence-electron chi connectivity index (χ1n) is 6.19. The van der Waals surface area contributed by atoms with Gasteiger partial charge in [-0.2, -0.15) is 0 Å². The normalized spacial score (nSPS) is 11.6. The fourth-order valence-corrected chi connectivity index (χ4v) is 2.11. The van der Waals surface area contributed by atoms with E-state index >= 15 is 0 Å². The number of hydrogen-bond acceptors (Lipinski definition) is 3. The van der Waals surface area contributed by atoms with Gasteiger partial charge in [0.15, 0.2) is 5.58 Å². The van der Waals surface area contributed by atoms with Gasteiger partial charge < -0.3 is 8.98 Å².